The van der Waals surface area contributed by atoms with E-state index in [9.17, 15) is 4.79 Å². The van der Waals surface area contributed by atoms with Crippen LogP contribution in [-0.4, -0.2) is 17.2 Å². The number of carbonyl (C=O) groups is 1. The molecule has 4 nitrogen and oxygen atoms in total. The summed E-state index contributed by atoms with van der Waals surface area (Å²) in [6, 6.07) is 1.58. The van der Waals surface area contributed by atoms with Crippen molar-refractivity contribution in [3.8, 4) is 0 Å². The first-order valence-corrected chi connectivity index (χ1v) is 7.82. The highest BCUT2D eigenvalue weighted by Gasteiger charge is 2.31. The first-order valence-electron chi connectivity index (χ1n) is 7.82. The molecule has 1 aromatic rings. The fraction of sp³-hybridized carbons (Fsp3) is 0.706. The fourth-order valence-corrected chi connectivity index (χ4v) is 3.27. The zero-order chi connectivity index (χ0) is 15.6. The molecule has 0 aliphatic heterocycles. The number of furan rings is 1. The Hall–Kier alpha value is -1.29. The number of aromatic carboxylic acids is 1. The topological polar surface area (TPSA) is 59.7 Å². The summed E-state index contributed by atoms with van der Waals surface area (Å²) in [5.41, 5.74) is 0.841. The maximum absolute atomic E-state index is 10.9. The zero-order valence-corrected chi connectivity index (χ0v) is 13.4. The van der Waals surface area contributed by atoms with Crippen molar-refractivity contribution in [3.05, 3.63) is 23.2 Å². The van der Waals surface area contributed by atoms with Crippen molar-refractivity contribution in [3.63, 3.8) is 0 Å². The smallest absolute Gasteiger partial charge is 0.371 e. The lowest BCUT2D eigenvalue weighted by Crippen LogP contribution is -2.34. The van der Waals surface area contributed by atoms with Gasteiger partial charge in [-0.05, 0) is 43.6 Å². The Kier molecular flexibility index (Phi) is 5.09. The van der Waals surface area contributed by atoms with Crippen molar-refractivity contribution in [2.75, 3.05) is 0 Å². The maximum atomic E-state index is 10.9. The van der Waals surface area contributed by atoms with E-state index in [1.807, 2.05) is 0 Å². The minimum atomic E-state index is -1.03. The van der Waals surface area contributed by atoms with Gasteiger partial charge in [0.25, 0.3) is 0 Å². The minimum Gasteiger partial charge on any atom is -0.475 e. The second kappa shape index (κ2) is 6.65. The van der Waals surface area contributed by atoms with Gasteiger partial charge in [0.05, 0.1) is 12.7 Å². The average Bonchev–Trinajstić information content (AvgIpc) is 2.77. The summed E-state index contributed by atoms with van der Waals surface area (Å²) in [4.78, 5) is 10.9. The van der Waals surface area contributed by atoms with Gasteiger partial charge in [-0.1, -0.05) is 27.2 Å². The van der Waals surface area contributed by atoms with E-state index in [4.69, 9.17) is 14.3 Å². The van der Waals surface area contributed by atoms with Crippen molar-refractivity contribution < 1.29 is 19.1 Å². The molecule has 0 aromatic carbocycles. The van der Waals surface area contributed by atoms with E-state index < -0.39 is 5.97 Å². The van der Waals surface area contributed by atoms with Crippen molar-refractivity contribution >= 4 is 5.97 Å². The second-order valence-corrected chi connectivity index (χ2v) is 6.67. The minimum absolute atomic E-state index is 0.0106. The van der Waals surface area contributed by atoms with Crippen LogP contribution in [0.3, 0.4) is 0 Å². The molecule has 1 fully saturated rings. The molecule has 1 aliphatic rings. The summed E-state index contributed by atoms with van der Waals surface area (Å²) in [7, 11) is 0. The van der Waals surface area contributed by atoms with Crippen LogP contribution >= 0.6 is 0 Å². The normalized spacial score (nSPS) is 26.2. The lowest BCUT2D eigenvalue weighted by molar-refractivity contribution is -0.0475. The Labute approximate surface area is 126 Å². The maximum Gasteiger partial charge on any atom is 0.371 e. The largest absolute Gasteiger partial charge is 0.475 e. The highest BCUT2D eigenvalue weighted by molar-refractivity contribution is 5.84. The average molecular weight is 294 g/mol. The highest BCUT2D eigenvalue weighted by atomic mass is 16.5. The van der Waals surface area contributed by atoms with Gasteiger partial charge in [0, 0.05) is 5.56 Å². The summed E-state index contributed by atoms with van der Waals surface area (Å²) in [5.74, 6) is 1.50. The monoisotopic (exact) mass is 294 g/mol. The molecule has 4 heteroatoms. The van der Waals surface area contributed by atoms with E-state index in [1.54, 1.807) is 13.0 Å². The van der Waals surface area contributed by atoms with Crippen LogP contribution in [0, 0.1) is 24.7 Å². The number of hydrogen-bond donors (Lipinski definition) is 1. The fourth-order valence-electron chi connectivity index (χ4n) is 3.27. The Morgan fingerprint density at radius 2 is 2.19 bits per heavy atom. The van der Waals surface area contributed by atoms with Gasteiger partial charge in [0.15, 0.2) is 0 Å². The second-order valence-electron chi connectivity index (χ2n) is 6.67. The van der Waals surface area contributed by atoms with Crippen LogP contribution in [0.15, 0.2) is 10.5 Å². The third-order valence-corrected chi connectivity index (χ3v) is 4.65. The van der Waals surface area contributed by atoms with Gasteiger partial charge in [-0.15, -0.1) is 0 Å². The molecule has 118 valence electrons. The van der Waals surface area contributed by atoms with Gasteiger partial charge in [-0.2, -0.15) is 0 Å². The van der Waals surface area contributed by atoms with Crippen LogP contribution < -0.4 is 0 Å². The summed E-state index contributed by atoms with van der Waals surface area (Å²) < 4.78 is 11.4. The Morgan fingerprint density at radius 3 is 2.76 bits per heavy atom. The molecule has 0 saturated heterocycles. The molecule has 0 bridgehead atoms. The van der Waals surface area contributed by atoms with E-state index in [0.717, 1.165) is 12.0 Å². The summed E-state index contributed by atoms with van der Waals surface area (Å²) in [6.45, 7) is 9.00. The van der Waals surface area contributed by atoms with Gasteiger partial charge in [0.1, 0.15) is 5.76 Å². The van der Waals surface area contributed by atoms with Crippen LogP contribution in [0.2, 0.25) is 0 Å². The molecule has 0 radical (unpaired) electrons. The van der Waals surface area contributed by atoms with E-state index in [1.165, 1.54) is 12.8 Å². The van der Waals surface area contributed by atoms with Crippen LogP contribution in [0.4, 0.5) is 0 Å². The van der Waals surface area contributed by atoms with Crippen molar-refractivity contribution in [2.24, 2.45) is 17.8 Å². The number of aryl methyl sites for hydroxylation is 1. The number of rotatable bonds is 5. The predicted octanol–water partition coefficient (Wildman–Crippen LogP) is 4.26. The Morgan fingerprint density at radius 1 is 1.48 bits per heavy atom. The van der Waals surface area contributed by atoms with Gasteiger partial charge >= 0.3 is 5.97 Å². The lowest BCUT2D eigenvalue weighted by atomic mass is 9.75. The van der Waals surface area contributed by atoms with Gasteiger partial charge in [0.2, 0.25) is 5.76 Å². The van der Waals surface area contributed by atoms with Gasteiger partial charge < -0.3 is 14.3 Å². The van der Waals surface area contributed by atoms with Crippen molar-refractivity contribution in [1.82, 2.24) is 0 Å². The molecule has 1 N–H and O–H groups in total. The van der Waals surface area contributed by atoms with E-state index >= 15 is 0 Å². The molecule has 1 heterocycles. The molecule has 1 saturated carbocycles. The van der Waals surface area contributed by atoms with Crippen LogP contribution in [-0.2, 0) is 11.3 Å². The van der Waals surface area contributed by atoms with E-state index in [0.29, 0.717) is 30.1 Å². The summed E-state index contributed by atoms with van der Waals surface area (Å²) in [5, 5.41) is 8.95. The first-order chi connectivity index (χ1) is 9.88. The summed E-state index contributed by atoms with van der Waals surface area (Å²) in [6.07, 6.45) is 3.84. The standard InChI is InChI=1S/C17H26O4/c1-10(2)14-6-5-11(3)7-15(14)20-9-13-8-16(17(18)19)21-12(13)4/h8,10-11,14-15H,5-7,9H2,1-4H3,(H,18,19). The van der Waals surface area contributed by atoms with Crippen LogP contribution in [0.5, 0.6) is 0 Å². The SMILES string of the molecule is Cc1oc(C(=O)O)cc1COC1CC(C)CCC1C(C)C. The molecule has 1 aliphatic carbocycles. The summed E-state index contributed by atoms with van der Waals surface area (Å²) >= 11 is 0. The Balaban J connectivity index is 2.01. The van der Waals surface area contributed by atoms with Crippen LogP contribution in [0.25, 0.3) is 0 Å². The van der Waals surface area contributed by atoms with Crippen molar-refractivity contribution in [1.29, 1.82) is 0 Å². The van der Waals surface area contributed by atoms with E-state index in [2.05, 4.69) is 20.8 Å². The van der Waals surface area contributed by atoms with E-state index in [-0.39, 0.29) is 11.9 Å². The zero-order valence-electron chi connectivity index (χ0n) is 13.4. The molecule has 0 spiro atoms. The molecule has 1 aromatic heterocycles. The number of ether oxygens (including phenoxy) is 1. The molecular weight excluding hydrogens is 268 g/mol. The van der Waals surface area contributed by atoms with Crippen molar-refractivity contribution in [2.45, 2.75) is 59.7 Å². The predicted molar refractivity (Wildman–Crippen MR) is 80.3 cm³/mol. The highest BCUT2D eigenvalue weighted by Crippen LogP contribution is 2.35. The first kappa shape index (κ1) is 16.1. The molecule has 2 rings (SSSR count). The number of carboxylic acid groups (broad SMARTS) is 1. The molecule has 0 amide bonds. The molecule has 3 unspecified atom stereocenters. The Bertz CT molecular complexity index is 489. The van der Waals surface area contributed by atoms with Crippen LogP contribution in [0.1, 0.15) is 61.9 Å². The number of hydrogen-bond acceptors (Lipinski definition) is 3. The molecule has 3 atom stereocenters. The van der Waals surface area contributed by atoms with Gasteiger partial charge in [-0.3, -0.25) is 0 Å². The number of carboxylic acids is 1. The third kappa shape index (κ3) is 3.88. The quantitative estimate of drug-likeness (QED) is 0.881. The third-order valence-electron chi connectivity index (χ3n) is 4.65. The molecule has 21 heavy (non-hydrogen) atoms. The molecular formula is C17H26O4. The lowest BCUT2D eigenvalue weighted by Gasteiger charge is -2.37. The van der Waals surface area contributed by atoms with Gasteiger partial charge in [-0.25, -0.2) is 4.79 Å².